The lowest BCUT2D eigenvalue weighted by atomic mass is 10.1. The maximum absolute atomic E-state index is 9.51. The first-order chi connectivity index (χ1) is 8.70. The molecule has 0 bridgehead atoms. The van der Waals surface area contributed by atoms with Crippen LogP contribution in [0, 0.1) is 0 Å². The summed E-state index contributed by atoms with van der Waals surface area (Å²) in [5.41, 5.74) is 0.853. The van der Waals surface area contributed by atoms with Crippen LogP contribution in [0.4, 0.5) is 0 Å². The van der Waals surface area contributed by atoms with Crippen LogP contribution in [0.2, 0.25) is 0 Å². The SMILES string of the molecule is CCn1ccnc1COc1cccc([C@@H](C)O)c1. The van der Waals surface area contributed by atoms with Crippen molar-refractivity contribution >= 4 is 0 Å². The highest BCUT2D eigenvalue weighted by molar-refractivity contribution is 5.29. The number of benzene rings is 1. The largest absolute Gasteiger partial charge is 0.486 e. The van der Waals surface area contributed by atoms with Crippen LogP contribution in [0.5, 0.6) is 5.75 Å². The Labute approximate surface area is 107 Å². The van der Waals surface area contributed by atoms with Gasteiger partial charge < -0.3 is 14.4 Å². The lowest BCUT2D eigenvalue weighted by molar-refractivity contribution is 0.198. The molecule has 1 heterocycles. The van der Waals surface area contributed by atoms with E-state index in [-0.39, 0.29) is 0 Å². The standard InChI is InChI=1S/C14H18N2O2/c1-3-16-8-7-15-14(16)10-18-13-6-4-5-12(9-13)11(2)17/h4-9,11,17H,3,10H2,1-2H3/t11-/m1/s1. The van der Waals surface area contributed by atoms with Gasteiger partial charge in [0.05, 0.1) is 6.10 Å². The second-order valence-electron chi connectivity index (χ2n) is 4.17. The van der Waals surface area contributed by atoms with E-state index in [1.807, 2.05) is 35.0 Å². The van der Waals surface area contributed by atoms with Crippen LogP contribution in [0.3, 0.4) is 0 Å². The molecule has 18 heavy (non-hydrogen) atoms. The minimum Gasteiger partial charge on any atom is -0.486 e. The van der Waals surface area contributed by atoms with Crippen LogP contribution < -0.4 is 4.74 Å². The number of nitrogens with zero attached hydrogens (tertiary/aromatic N) is 2. The van der Waals surface area contributed by atoms with Gasteiger partial charge in [-0.25, -0.2) is 4.98 Å². The average Bonchev–Trinajstić information content (AvgIpc) is 2.84. The van der Waals surface area contributed by atoms with Crippen LogP contribution in [-0.2, 0) is 13.2 Å². The van der Waals surface area contributed by atoms with Gasteiger partial charge in [0.1, 0.15) is 18.2 Å². The number of imidazole rings is 1. The molecule has 0 saturated heterocycles. The summed E-state index contributed by atoms with van der Waals surface area (Å²) in [6.45, 7) is 5.12. The molecular weight excluding hydrogens is 228 g/mol. The van der Waals surface area contributed by atoms with Gasteiger partial charge in [-0.2, -0.15) is 0 Å². The molecule has 0 radical (unpaired) electrons. The van der Waals surface area contributed by atoms with Crippen molar-refractivity contribution in [3.8, 4) is 5.75 Å². The highest BCUT2D eigenvalue weighted by atomic mass is 16.5. The summed E-state index contributed by atoms with van der Waals surface area (Å²) in [6, 6.07) is 7.49. The molecule has 0 unspecified atom stereocenters. The van der Waals surface area contributed by atoms with Crippen molar-refractivity contribution < 1.29 is 9.84 Å². The van der Waals surface area contributed by atoms with E-state index in [2.05, 4.69) is 11.9 Å². The number of hydrogen-bond donors (Lipinski definition) is 1. The summed E-state index contributed by atoms with van der Waals surface area (Å²) in [6.07, 6.45) is 3.23. The fourth-order valence-corrected chi connectivity index (χ4v) is 1.78. The molecule has 4 heteroatoms. The van der Waals surface area contributed by atoms with Gasteiger partial charge in [0.15, 0.2) is 0 Å². The summed E-state index contributed by atoms with van der Waals surface area (Å²) in [5.74, 6) is 1.65. The zero-order valence-corrected chi connectivity index (χ0v) is 10.7. The molecule has 4 nitrogen and oxygen atoms in total. The predicted molar refractivity (Wildman–Crippen MR) is 69.3 cm³/mol. The first-order valence-corrected chi connectivity index (χ1v) is 6.11. The Bertz CT molecular complexity index is 506. The lowest BCUT2D eigenvalue weighted by Gasteiger charge is -2.10. The summed E-state index contributed by atoms with van der Waals surface area (Å²) in [4.78, 5) is 4.25. The average molecular weight is 246 g/mol. The lowest BCUT2D eigenvalue weighted by Crippen LogP contribution is -2.05. The third kappa shape index (κ3) is 2.90. The van der Waals surface area contributed by atoms with Gasteiger partial charge in [0.2, 0.25) is 0 Å². The molecule has 1 aromatic heterocycles. The molecule has 2 rings (SSSR count). The fourth-order valence-electron chi connectivity index (χ4n) is 1.78. The molecule has 1 N–H and O–H groups in total. The van der Waals surface area contributed by atoms with Gasteiger partial charge in [-0.3, -0.25) is 0 Å². The summed E-state index contributed by atoms with van der Waals surface area (Å²) in [7, 11) is 0. The third-order valence-corrected chi connectivity index (χ3v) is 2.85. The highest BCUT2D eigenvalue weighted by Gasteiger charge is 2.05. The van der Waals surface area contributed by atoms with Gasteiger partial charge in [-0.05, 0) is 31.5 Å². The van der Waals surface area contributed by atoms with Crippen LogP contribution in [0.1, 0.15) is 31.3 Å². The Morgan fingerprint density at radius 3 is 3.00 bits per heavy atom. The number of rotatable bonds is 5. The van der Waals surface area contributed by atoms with Gasteiger partial charge in [-0.15, -0.1) is 0 Å². The quantitative estimate of drug-likeness (QED) is 0.882. The number of aliphatic hydroxyl groups excluding tert-OH is 1. The Hall–Kier alpha value is -1.81. The van der Waals surface area contributed by atoms with Crippen LogP contribution in [-0.4, -0.2) is 14.7 Å². The summed E-state index contributed by atoms with van der Waals surface area (Å²) < 4.78 is 7.73. The predicted octanol–water partition coefficient (Wildman–Crippen LogP) is 2.54. The molecule has 1 atom stereocenters. The van der Waals surface area contributed by atoms with Gasteiger partial charge in [0.25, 0.3) is 0 Å². The molecule has 0 saturated carbocycles. The Kier molecular flexibility index (Phi) is 3.99. The Morgan fingerprint density at radius 2 is 2.28 bits per heavy atom. The van der Waals surface area contributed by atoms with Gasteiger partial charge in [-0.1, -0.05) is 12.1 Å². The minimum atomic E-state index is -0.480. The van der Waals surface area contributed by atoms with Crippen molar-refractivity contribution in [1.29, 1.82) is 0 Å². The van der Waals surface area contributed by atoms with Crippen LogP contribution in [0.15, 0.2) is 36.7 Å². The maximum atomic E-state index is 9.51. The number of aliphatic hydroxyl groups is 1. The first-order valence-electron chi connectivity index (χ1n) is 6.11. The molecule has 0 fully saturated rings. The molecule has 96 valence electrons. The topological polar surface area (TPSA) is 47.3 Å². The number of hydrogen-bond acceptors (Lipinski definition) is 3. The van der Waals surface area contributed by atoms with E-state index in [0.717, 1.165) is 23.7 Å². The number of aromatic nitrogens is 2. The summed E-state index contributed by atoms with van der Waals surface area (Å²) >= 11 is 0. The number of ether oxygens (including phenoxy) is 1. The second-order valence-corrected chi connectivity index (χ2v) is 4.17. The normalized spacial score (nSPS) is 12.4. The monoisotopic (exact) mass is 246 g/mol. The van der Waals surface area contributed by atoms with E-state index in [4.69, 9.17) is 4.74 Å². The first kappa shape index (κ1) is 12.6. The molecule has 1 aromatic carbocycles. The van der Waals surface area contributed by atoms with Crippen molar-refractivity contribution in [1.82, 2.24) is 9.55 Å². The van der Waals surface area contributed by atoms with E-state index in [9.17, 15) is 5.11 Å². The third-order valence-electron chi connectivity index (χ3n) is 2.85. The minimum absolute atomic E-state index is 0.435. The van der Waals surface area contributed by atoms with E-state index >= 15 is 0 Å². The molecule has 0 aliphatic heterocycles. The van der Waals surface area contributed by atoms with Crippen molar-refractivity contribution in [2.24, 2.45) is 0 Å². The van der Waals surface area contributed by atoms with Gasteiger partial charge >= 0.3 is 0 Å². The molecular formula is C14H18N2O2. The number of aryl methyl sites for hydroxylation is 1. The van der Waals surface area contributed by atoms with Crippen molar-refractivity contribution in [3.63, 3.8) is 0 Å². The van der Waals surface area contributed by atoms with E-state index < -0.39 is 6.10 Å². The Balaban J connectivity index is 2.04. The molecule has 0 amide bonds. The highest BCUT2D eigenvalue weighted by Crippen LogP contribution is 2.19. The van der Waals surface area contributed by atoms with Crippen LogP contribution in [0.25, 0.3) is 0 Å². The molecule has 0 aliphatic rings. The zero-order valence-electron chi connectivity index (χ0n) is 10.7. The molecule has 0 spiro atoms. The van der Waals surface area contributed by atoms with E-state index in [1.165, 1.54) is 0 Å². The Morgan fingerprint density at radius 1 is 1.44 bits per heavy atom. The second kappa shape index (κ2) is 5.69. The van der Waals surface area contributed by atoms with Gasteiger partial charge in [0, 0.05) is 18.9 Å². The molecule has 2 aromatic rings. The van der Waals surface area contributed by atoms with Crippen molar-refractivity contribution in [2.75, 3.05) is 0 Å². The van der Waals surface area contributed by atoms with E-state index in [1.54, 1.807) is 13.1 Å². The van der Waals surface area contributed by atoms with E-state index in [0.29, 0.717) is 6.61 Å². The molecule has 0 aliphatic carbocycles. The fraction of sp³-hybridized carbons (Fsp3) is 0.357. The smallest absolute Gasteiger partial charge is 0.146 e. The maximum Gasteiger partial charge on any atom is 0.146 e. The van der Waals surface area contributed by atoms with Crippen LogP contribution >= 0.6 is 0 Å². The van der Waals surface area contributed by atoms with Crippen molar-refractivity contribution in [2.45, 2.75) is 33.1 Å². The summed E-state index contributed by atoms with van der Waals surface area (Å²) in [5, 5.41) is 9.51. The van der Waals surface area contributed by atoms with Crippen molar-refractivity contribution in [3.05, 3.63) is 48.0 Å². The zero-order chi connectivity index (χ0) is 13.0.